The first-order valence-corrected chi connectivity index (χ1v) is 7.85. The standard InChI is InChI=1S/C18H18FN3O3/c1-22-15(23)11-25-17(16(22)13-4-6-14(19)7-5-13)18(24)21-10-12-3-2-8-20-9-12/h2-9,16-17H,10-11H2,1H3,(H,21,24)/t16-,17-/m1/s1. The zero-order valence-electron chi connectivity index (χ0n) is 13.7. The van der Waals surface area contributed by atoms with Gasteiger partial charge in [0.25, 0.3) is 5.91 Å². The van der Waals surface area contributed by atoms with Crippen LogP contribution < -0.4 is 5.32 Å². The van der Waals surface area contributed by atoms with E-state index in [0.717, 1.165) is 5.56 Å². The molecule has 2 heterocycles. The smallest absolute Gasteiger partial charge is 0.251 e. The number of hydrogen-bond acceptors (Lipinski definition) is 4. The molecule has 0 aliphatic carbocycles. The topological polar surface area (TPSA) is 71.5 Å². The predicted molar refractivity (Wildman–Crippen MR) is 87.7 cm³/mol. The van der Waals surface area contributed by atoms with Gasteiger partial charge in [-0.2, -0.15) is 0 Å². The predicted octanol–water partition coefficient (Wildman–Crippen LogP) is 1.44. The van der Waals surface area contributed by atoms with Crippen molar-refractivity contribution in [1.82, 2.24) is 15.2 Å². The highest BCUT2D eigenvalue weighted by atomic mass is 19.1. The number of carbonyl (C=O) groups is 2. The zero-order chi connectivity index (χ0) is 17.8. The Morgan fingerprint density at radius 1 is 1.36 bits per heavy atom. The number of pyridine rings is 1. The molecule has 3 rings (SSSR count). The first-order valence-electron chi connectivity index (χ1n) is 7.85. The molecule has 1 aromatic carbocycles. The molecule has 1 saturated heterocycles. The number of rotatable bonds is 4. The van der Waals surface area contributed by atoms with Gasteiger partial charge in [-0.25, -0.2) is 4.39 Å². The summed E-state index contributed by atoms with van der Waals surface area (Å²) < 4.78 is 18.7. The SMILES string of the molecule is CN1C(=O)CO[C@@H](C(=O)NCc2cccnc2)[C@H]1c1ccc(F)cc1. The Morgan fingerprint density at radius 3 is 2.80 bits per heavy atom. The van der Waals surface area contributed by atoms with E-state index in [-0.39, 0.29) is 24.2 Å². The Balaban J connectivity index is 1.78. The van der Waals surface area contributed by atoms with Crippen molar-refractivity contribution in [3.8, 4) is 0 Å². The second kappa shape index (κ2) is 7.40. The highest BCUT2D eigenvalue weighted by Gasteiger charge is 2.39. The summed E-state index contributed by atoms with van der Waals surface area (Å²) in [5.74, 6) is -0.949. The van der Waals surface area contributed by atoms with Gasteiger partial charge in [0.15, 0.2) is 6.10 Å². The molecule has 1 aromatic heterocycles. The number of benzene rings is 1. The van der Waals surface area contributed by atoms with Gasteiger partial charge in [0.05, 0.1) is 6.04 Å². The fourth-order valence-electron chi connectivity index (χ4n) is 2.78. The number of nitrogens with one attached hydrogen (secondary N) is 1. The van der Waals surface area contributed by atoms with Gasteiger partial charge in [0.1, 0.15) is 12.4 Å². The van der Waals surface area contributed by atoms with Crippen molar-refractivity contribution in [1.29, 1.82) is 0 Å². The third-order valence-corrected chi connectivity index (χ3v) is 4.14. The number of amides is 2. The minimum atomic E-state index is -0.871. The van der Waals surface area contributed by atoms with E-state index in [1.165, 1.54) is 17.0 Å². The first-order chi connectivity index (χ1) is 12.1. The Hall–Kier alpha value is -2.80. The van der Waals surface area contributed by atoms with Crippen molar-refractivity contribution < 1.29 is 18.7 Å². The third kappa shape index (κ3) is 3.83. The summed E-state index contributed by atoms with van der Waals surface area (Å²) in [6.07, 6.45) is 2.44. The summed E-state index contributed by atoms with van der Waals surface area (Å²) >= 11 is 0. The minimum absolute atomic E-state index is 0.167. The van der Waals surface area contributed by atoms with Crippen LogP contribution in [-0.2, 0) is 20.9 Å². The van der Waals surface area contributed by atoms with Gasteiger partial charge < -0.3 is 15.0 Å². The molecule has 6 nitrogen and oxygen atoms in total. The van der Waals surface area contributed by atoms with E-state index in [4.69, 9.17) is 4.74 Å². The van der Waals surface area contributed by atoms with Crippen LogP contribution in [-0.4, -0.2) is 41.5 Å². The molecular formula is C18H18FN3O3. The van der Waals surface area contributed by atoms with Crippen LogP contribution >= 0.6 is 0 Å². The molecule has 2 amide bonds. The molecule has 2 atom stereocenters. The van der Waals surface area contributed by atoms with E-state index < -0.39 is 12.1 Å². The number of hydrogen-bond donors (Lipinski definition) is 1. The molecule has 0 radical (unpaired) electrons. The van der Waals surface area contributed by atoms with E-state index in [1.807, 2.05) is 6.07 Å². The molecule has 1 fully saturated rings. The van der Waals surface area contributed by atoms with Crippen molar-refractivity contribution in [2.45, 2.75) is 18.7 Å². The van der Waals surface area contributed by atoms with Crippen molar-refractivity contribution in [2.75, 3.05) is 13.7 Å². The molecule has 2 aromatic rings. The van der Waals surface area contributed by atoms with Crippen molar-refractivity contribution >= 4 is 11.8 Å². The molecule has 0 bridgehead atoms. The number of aromatic nitrogens is 1. The van der Waals surface area contributed by atoms with Crippen LogP contribution in [0.1, 0.15) is 17.2 Å². The van der Waals surface area contributed by atoms with Crippen LogP contribution in [0.15, 0.2) is 48.8 Å². The van der Waals surface area contributed by atoms with Gasteiger partial charge in [0, 0.05) is 26.0 Å². The van der Waals surface area contributed by atoms with Crippen molar-refractivity contribution in [3.05, 3.63) is 65.7 Å². The Morgan fingerprint density at radius 2 is 2.12 bits per heavy atom. The molecule has 0 spiro atoms. The Bertz CT molecular complexity index is 752. The summed E-state index contributed by atoms with van der Waals surface area (Å²) in [7, 11) is 1.61. The lowest BCUT2D eigenvalue weighted by Crippen LogP contribution is -2.52. The molecule has 1 N–H and O–H groups in total. The van der Waals surface area contributed by atoms with E-state index in [0.29, 0.717) is 12.1 Å². The van der Waals surface area contributed by atoms with Crippen LogP contribution in [0.25, 0.3) is 0 Å². The maximum Gasteiger partial charge on any atom is 0.251 e. The number of ether oxygens (including phenoxy) is 1. The number of likely N-dealkylation sites (N-methyl/N-ethyl adjacent to an activating group) is 1. The Labute approximate surface area is 144 Å². The van der Waals surface area contributed by atoms with Gasteiger partial charge >= 0.3 is 0 Å². The molecule has 130 valence electrons. The van der Waals surface area contributed by atoms with Crippen LogP contribution in [0.5, 0.6) is 0 Å². The van der Waals surface area contributed by atoms with Crippen LogP contribution in [0.4, 0.5) is 4.39 Å². The number of nitrogens with zero attached hydrogens (tertiary/aromatic N) is 2. The quantitative estimate of drug-likeness (QED) is 0.912. The third-order valence-electron chi connectivity index (χ3n) is 4.14. The van der Waals surface area contributed by atoms with E-state index >= 15 is 0 Å². The van der Waals surface area contributed by atoms with Crippen molar-refractivity contribution in [2.24, 2.45) is 0 Å². The second-order valence-corrected chi connectivity index (χ2v) is 5.81. The van der Waals surface area contributed by atoms with Crippen LogP contribution in [0.2, 0.25) is 0 Å². The first kappa shape index (κ1) is 17.0. The fraction of sp³-hybridized carbons (Fsp3) is 0.278. The van der Waals surface area contributed by atoms with Crippen LogP contribution in [0, 0.1) is 5.82 Å². The zero-order valence-corrected chi connectivity index (χ0v) is 13.7. The molecule has 1 aliphatic rings. The maximum absolute atomic E-state index is 13.2. The number of morpholine rings is 1. The highest BCUT2D eigenvalue weighted by Crippen LogP contribution is 2.29. The molecular weight excluding hydrogens is 325 g/mol. The maximum atomic E-state index is 13.2. The molecule has 7 heteroatoms. The van der Waals surface area contributed by atoms with Crippen molar-refractivity contribution in [3.63, 3.8) is 0 Å². The summed E-state index contributed by atoms with van der Waals surface area (Å²) in [4.78, 5) is 30.0. The van der Waals surface area contributed by atoms with E-state index in [9.17, 15) is 14.0 Å². The van der Waals surface area contributed by atoms with Gasteiger partial charge in [-0.05, 0) is 29.3 Å². The Kier molecular flexibility index (Phi) is 5.04. The summed E-state index contributed by atoms with van der Waals surface area (Å²) in [5, 5.41) is 2.80. The lowest BCUT2D eigenvalue weighted by molar-refractivity contribution is -0.162. The fourth-order valence-corrected chi connectivity index (χ4v) is 2.78. The molecule has 1 aliphatic heterocycles. The molecule has 0 saturated carbocycles. The number of carbonyl (C=O) groups excluding carboxylic acids is 2. The lowest BCUT2D eigenvalue weighted by atomic mass is 9.97. The summed E-state index contributed by atoms with van der Waals surface area (Å²) in [6, 6.07) is 8.73. The van der Waals surface area contributed by atoms with Gasteiger partial charge in [-0.3, -0.25) is 14.6 Å². The largest absolute Gasteiger partial charge is 0.356 e. The van der Waals surface area contributed by atoms with Gasteiger partial charge in [-0.1, -0.05) is 18.2 Å². The van der Waals surface area contributed by atoms with Crippen LogP contribution in [0.3, 0.4) is 0 Å². The lowest BCUT2D eigenvalue weighted by Gasteiger charge is -2.38. The van der Waals surface area contributed by atoms with Gasteiger partial charge in [-0.15, -0.1) is 0 Å². The molecule has 0 unspecified atom stereocenters. The van der Waals surface area contributed by atoms with E-state index in [2.05, 4.69) is 10.3 Å². The summed E-state index contributed by atoms with van der Waals surface area (Å²) in [6.45, 7) is 0.138. The molecule has 25 heavy (non-hydrogen) atoms. The number of halogens is 1. The second-order valence-electron chi connectivity index (χ2n) is 5.81. The summed E-state index contributed by atoms with van der Waals surface area (Å²) in [5.41, 5.74) is 1.49. The average Bonchev–Trinajstić information content (AvgIpc) is 2.63. The average molecular weight is 343 g/mol. The highest BCUT2D eigenvalue weighted by molar-refractivity contribution is 5.86. The van der Waals surface area contributed by atoms with E-state index in [1.54, 1.807) is 37.6 Å². The van der Waals surface area contributed by atoms with Gasteiger partial charge in [0.2, 0.25) is 5.91 Å². The monoisotopic (exact) mass is 343 g/mol. The minimum Gasteiger partial charge on any atom is -0.356 e. The normalized spacial score (nSPS) is 20.4.